The molecule has 2 unspecified atom stereocenters. The van der Waals surface area contributed by atoms with Crippen molar-refractivity contribution in [2.24, 2.45) is 17.8 Å². The third kappa shape index (κ3) is 9.06. The third-order valence-corrected chi connectivity index (χ3v) is 9.79. The summed E-state index contributed by atoms with van der Waals surface area (Å²) >= 11 is 0. The van der Waals surface area contributed by atoms with Gasteiger partial charge in [-0.15, -0.1) is 0 Å². The predicted octanol–water partition coefficient (Wildman–Crippen LogP) is 1.55. The molecule has 13 heteroatoms. The lowest BCUT2D eigenvalue weighted by molar-refractivity contribution is -0.301. The van der Waals surface area contributed by atoms with Crippen molar-refractivity contribution in [1.82, 2.24) is 10.2 Å². The van der Waals surface area contributed by atoms with Gasteiger partial charge in [0.15, 0.2) is 6.29 Å². The summed E-state index contributed by atoms with van der Waals surface area (Å²) in [6.45, 7) is 16.6. The first-order valence-electron chi connectivity index (χ1n) is 16.2. The van der Waals surface area contributed by atoms with Gasteiger partial charge in [-0.1, -0.05) is 27.4 Å². The normalized spacial score (nSPS) is 43.5. The maximum atomic E-state index is 13.7. The lowest BCUT2D eigenvalue weighted by Gasteiger charge is -2.48. The Morgan fingerprint density at radius 3 is 2.28 bits per heavy atom. The standard InChI is InChI=1S/C33H58N2O11/c1-13-23-33(9,41)27(38)21(7)34-29(39)17(3)16-32(8,42-12)28(46-31-25(37)22(35(10)11)15-18(4)43-31)19(5)26(45-24(36)14-2)20(6)30(40)44-23/h14,17-23,25-28,31,37-38,41H,2,13,15-16H2,1,3-12H3,(H,34,39)/t17-,18-,19+,20-,21-,22+,23-,25?,26+,27?,28-,31+,32-,33-/m1/s1. The van der Waals surface area contributed by atoms with Gasteiger partial charge in [0.25, 0.3) is 0 Å². The maximum Gasteiger partial charge on any atom is 0.330 e. The van der Waals surface area contributed by atoms with Crippen LogP contribution in [0.15, 0.2) is 12.7 Å². The zero-order chi connectivity index (χ0) is 35.3. The van der Waals surface area contributed by atoms with Crippen molar-refractivity contribution in [3.63, 3.8) is 0 Å². The number of esters is 2. The molecule has 46 heavy (non-hydrogen) atoms. The molecule has 0 aromatic carbocycles. The van der Waals surface area contributed by atoms with Crippen LogP contribution in [0.4, 0.5) is 0 Å². The number of aliphatic hydroxyl groups excluding tert-OH is 2. The van der Waals surface area contributed by atoms with Gasteiger partial charge < -0.3 is 49.2 Å². The molecule has 2 rings (SSSR count). The second-order valence-electron chi connectivity index (χ2n) is 13.8. The number of likely N-dealkylation sites (N-methyl/N-ethyl adjacent to an activating group) is 1. The molecule has 0 aromatic heterocycles. The SMILES string of the molecule is C=CC(=O)O[C@H]1[C@H](C)[C@@H](O[C@@H]2O[C@H](C)C[C@H](N(C)C)C2O)[C@](C)(OC)C[C@@H](C)C(=O)N[C@H](C)C(O)[C@](C)(O)[C@@H](CC)OC(=O)[C@@H]1C. The minimum atomic E-state index is -1.94. The van der Waals surface area contributed by atoms with E-state index in [1.165, 1.54) is 21.0 Å². The molecular formula is C33H58N2O11. The van der Waals surface area contributed by atoms with Gasteiger partial charge in [0.05, 0.1) is 29.8 Å². The molecule has 1 amide bonds. The first-order valence-corrected chi connectivity index (χ1v) is 16.2. The second kappa shape index (κ2) is 16.3. The monoisotopic (exact) mass is 658 g/mol. The van der Waals surface area contributed by atoms with Crippen molar-refractivity contribution < 1.29 is 53.4 Å². The Kier molecular flexibility index (Phi) is 14.2. The van der Waals surface area contributed by atoms with Crippen LogP contribution in [0.3, 0.4) is 0 Å². The van der Waals surface area contributed by atoms with E-state index in [-0.39, 0.29) is 25.0 Å². The van der Waals surface area contributed by atoms with E-state index in [9.17, 15) is 29.7 Å². The Bertz CT molecular complexity index is 1050. The lowest BCUT2D eigenvalue weighted by Crippen LogP contribution is -2.60. The van der Waals surface area contributed by atoms with Crippen molar-refractivity contribution in [2.75, 3.05) is 21.2 Å². The smallest absolute Gasteiger partial charge is 0.330 e. The number of carbonyl (C=O) groups is 3. The number of carbonyl (C=O) groups excluding carboxylic acids is 3. The molecule has 4 N–H and O–H groups in total. The molecule has 2 saturated heterocycles. The fraction of sp³-hybridized carbons (Fsp3) is 0.848. The van der Waals surface area contributed by atoms with Crippen LogP contribution in [0, 0.1) is 17.8 Å². The Morgan fingerprint density at radius 2 is 1.76 bits per heavy atom. The van der Waals surface area contributed by atoms with Gasteiger partial charge in [-0.05, 0) is 68.0 Å². The molecule has 0 radical (unpaired) electrons. The summed E-state index contributed by atoms with van der Waals surface area (Å²) < 4.78 is 30.4. The molecule has 2 aliphatic heterocycles. The van der Waals surface area contributed by atoms with E-state index >= 15 is 0 Å². The van der Waals surface area contributed by atoms with E-state index in [1.807, 2.05) is 25.9 Å². The van der Waals surface area contributed by atoms with E-state index in [1.54, 1.807) is 34.6 Å². The summed E-state index contributed by atoms with van der Waals surface area (Å²) in [5.74, 6) is -4.62. The van der Waals surface area contributed by atoms with Crippen molar-refractivity contribution in [2.45, 2.75) is 141 Å². The number of rotatable bonds is 7. The molecule has 13 nitrogen and oxygen atoms in total. The third-order valence-electron chi connectivity index (χ3n) is 9.79. The molecule has 2 aliphatic rings. The highest BCUT2D eigenvalue weighted by atomic mass is 16.7. The fourth-order valence-electron chi connectivity index (χ4n) is 6.80. The van der Waals surface area contributed by atoms with Crippen LogP contribution in [0.5, 0.6) is 0 Å². The first kappa shape index (κ1) is 40.0. The molecular weight excluding hydrogens is 600 g/mol. The highest BCUT2D eigenvalue weighted by molar-refractivity contribution is 5.82. The minimum absolute atomic E-state index is 0.0809. The van der Waals surface area contributed by atoms with Crippen LogP contribution in [-0.4, -0.2) is 125 Å². The highest BCUT2D eigenvalue weighted by Gasteiger charge is 2.51. The molecule has 2 heterocycles. The number of methoxy groups -OCH3 is 1. The van der Waals surface area contributed by atoms with Crippen LogP contribution < -0.4 is 5.32 Å². The number of ether oxygens (including phenoxy) is 5. The lowest BCUT2D eigenvalue weighted by atomic mass is 9.77. The van der Waals surface area contributed by atoms with Crippen molar-refractivity contribution >= 4 is 17.8 Å². The fourth-order valence-corrected chi connectivity index (χ4v) is 6.80. The minimum Gasteiger partial charge on any atom is -0.459 e. The number of nitrogens with one attached hydrogen (secondary N) is 1. The van der Waals surface area contributed by atoms with Gasteiger partial charge in [-0.3, -0.25) is 9.59 Å². The van der Waals surface area contributed by atoms with E-state index in [2.05, 4.69) is 11.9 Å². The molecule has 0 aliphatic carbocycles. The van der Waals surface area contributed by atoms with Crippen LogP contribution >= 0.6 is 0 Å². The molecule has 14 atom stereocenters. The summed E-state index contributed by atoms with van der Waals surface area (Å²) in [7, 11) is 5.17. The summed E-state index contributed by atoms with van der Waals surface area (Å²) in [5, 5.41) is 36.7. The second-order valence-corrected chi connectivity index (χ2v) is 13.8. The Morgan fingerprint density at radius 1 is 1.15 bits per heavy atom. The topological polar surface area (TPSA) is 173 Å². The van der Waals surface area contributed by atoms with Crippen LogP contribution in [0.25, 0.3) is 0 Å². The number of cyclic esters (lactones) is 1. The molecule has 2 fully saturated rings. The first-order chi connectivity index (χ1) is 21.2. The van der Waals surface area contributed by atoms with Crippen LogP contribution in [0.1, 0.15) is 74.7 Å². The summed E-state index contributed by atoms with van der Waals surface area (Å²) in [6.07, 6.45) is -5.58. The van der Waals surface area contributed by atoms with Crippen molar-refractivity contribution in [1.29, 1.82) is 0 Å². The Balaban J connectivity index is 2.75. The Labute approximate surface area is 273 Å². The quantitative estimate of drug-likeness (QED) is 0.230. The van der Waals surface area contributed by atoms with E-state index < -0.39 is 89.7 Å². The van der Waals surface area contributed by atoms with E-state index in [0.29, 0.717) is 6.42 Å². The van der Waals surface area contributed by atoms with Gasteiger partial charge in [-0.2, -0.15) is 0 Å². The van der Waals surface area contributed by atoms with Gasteiger partial charge >= 0.3 is 11.9 Å². The largest absolute Gasteiger partial charge is 0.459 e. The average molecular weight is 659 g/mol. The zero-order valence-corrected chi connectivity index (χ0v) is 29.4. The summed E-state index contributed by atoms with van der Waals surface area (Å²) in [4.78, 5) is 41.8. The molecule has 0 aromatic rings. The van der Waals surface area contributed by atoms with Gasteiger partial charge in [-0.25, -0.2) is 4.79 Å². The summed E-state index contributed by atoms with van der Waals surface area (Å²) in [6, 6.07) is -1.21. The number of amides is 1. The number of aliphatic hydroxyl groups is 3. The van der Waals surface area contributed by atoms with Crippen molar-refractivity contribution in [3.05, 3.63) is 12.7 Å². The molecule has 0 spiro atoms. The van der Waals surface area contributed by atoms with Gasteiger partial charge in [0.2, 0.25) is 5.91 Å². The average Bonchev–Trinajstić information content (AvgIpc) is 3.00. The molecule has 0 saturated carbocycles. The van der Waals surface area contributed by atoms with Crippen LogP contribution in [-0.2, 0) is 38.1 Å². The number of hydrogen-bond acceptors (Lipinski definition) is 12. The van der Waals surface area contributed by atoms with E-state index in [4.69, 9.17) is 23.7 Å². The van der Waals surface area contributed by atoms with Crippen molar-refractivity contribution in [3.8, 4) is 0 Å². The predicted molar refractivity (Wildman–Crippen MR) is 169 cm³/mol. The summed E-state index contributed by atoms with van der Waals surface area (Å²) in [5.41, 5.74) is -3.21. The van der Waals surface area contributed by atoms with E-state index in [0.717, 1.165) is 6.08 Å². The number of nitrogens with zero attached hydrogens (tertiary/aromatic N) is 1. The molecule has 266 valence electrons. The van der Waals surface area contributed by atoms with Gasteiger partial charge in [0.1, 0.15) is 30.0 Å². The maximum absolute atomic E-state index is 13.7. The Hall–Kier alpha value is -2.13. The van der Waals surface area contributed by atoms with Gasteiger partial charge in [0, 0.05) is 31.1 Å². The molecule has 0 bridgehead atoms. The highest BCUT2D eigenvalue weighted by Crippen LogP contribution is 2.38. The van der Waals surface area contributed by atoms with Crippen LogP contribution in [0.2, 0.25) is 0 Å². The number of hydrogen-bond donors (Lipinski definition) is 4. The zero-order valence-electron chi connectivity index (χ0n) is 29.4.